The molecule has 1 aromatic carbocycles. The Kier molecular flexibility index (Phi) is 7.39. The minimum absolute atomic E-state index is 0.0743. The Labute approximate surface area is 223 Å². The standard InChI is InChI=1S/C28H35N7O3/c1-20(27(36)34-15-14-32-10-3-4-23(32)18-34)16-26(30-19-29)33-11-8-22(9-12-33)35-13-7-21-17-24(38-2)5-6-25(21)31-28(35)37/h3-6,10,16-17,19,22H,1,7-9,11-15,18H2,2H3,(H2,29,30)(H,31,37)/b26-16+. The van der Waals surface area contributed by atoms with Crippen LogP contribution < -0.4 is 15.8 Å². The SMILES string of the molecule is C=C(/C=C(\N=CN)N1CCC(N2CCc3cc(OC)ccc3NC2=O)CC1)C(=O)N1CCn2cccc2C1. The van der Waals surface area contributed by atoms with Crippen molar-refractivity contribution in [1.29, 1.82) is 0 Å². The predicted molar refractivity (Wildman–Crippen MR) is 147 cm³/mol. The number of piperidine rings is 1. The second-order valence-corrected chi connectivity index (χ2v) is 9.84. The van der Waals surface area contributed by atoms with Crippen LogP contribution in [0.25, 0.3) is 0 Å². The summed E-state index contributed by atoms with van der Waals surface area (Å²) in [6.07, 6.45) is 7.34. The normalized spacial score (nSPS) is 18.6. The van der Waals surface area contributed by atoms with Gasteiger partial charge in [0, 0.05) is 61.9 Å². The van der Waals surface area contributed by atoms with Gasteiger partial charge in [0.1, 0.15) is 11.6 Å². The molecule has 5 rings (SSSR count). The Morgan fingerprint density at radius 1 is 1.16 bits per heavy atom. The molecule has 0 saturated carbocycles. The summed E-state index contributed by atoms with van der Waals surface area (Å²) in [5, 5.41) is 3.06. The average molecular weight is 518 g/mol. The number of carbonyl (C=O) groups excluding carboxylic acids is 2. The number of amides is 3. The third-order valence-corrected chi connectivity index (χ3v) is 7.63. The monoisotopic (exact) mass is 517 g/mol. The highest BCUT2D eigenvalue weighted by Crippen LogP contribution is 2.28. The van der Waals surface area contributed by atoms with Gasteiger partial charge in [0.25, 0.3) is 5.91 Å². The Morgan fingerprint density at radius 2 is 1.97 bits per heavy atom. The molecule has 3 amide bonds. The Hall–Kier alpha value is -4.21. The summed E-state index contributed by atoms with van der Waals surface area (Å²) in [5.74, 6) is 1.30. The quantitative estimate of drug-likeness (QED) is 0.265. The minimum Gasteiger partial charge on any atom is -0.497 e. The molecule has 10 nitrogen and oxygen atoms in total. The van der Waals surface area contributed by atoms with Crippen LogP contribution in [0.3, 0.4) is 0 Å². The van der Waals surface area contributed by atoms with E-state index in [0.717, 1.165) is 48.5 Å². The number of aromatic nitrogens is 1. The van der Waals surface area contributed by atoms with Crippen molar-refractivity contribution < 1.29 is 14.3 Å². The van der Waals surface area contributed by atoms with Gasteiger partial charge >= 0.3 is 6.03 Å². The molecule has 0 unspecified atom stereocenters. The molecule has 0 spiro atoms. The average Bonchev–Trinajstić information content (AvgIpc) is 3.34. The largest absolute Gasteiger partial charge is 0.497 e. The molecular weight excluding hydrogens is 482 g/mol. The zero-order valence-electron chi connectivity index (χ0n) is 21.8. The van der Waals surface area contributed by atoms with Gasteiger partial charge in [0.15, 0.2) is 0 Å². The Bertz CT molecular complexity index is 1270. The van der Waals surface area contributed by atoms with Gasteiger partial charge in [-0.2, -0.15) is 0 Å². The molecule has 0 atom stereocenters. The van der Waals surface area contributed by atoms with E-state index in [1.807, 2.05) is 46.3 Å². The van der Waals surface area contributed by atoms with Gasteiger partial charge in [-0.1, -0.05) is 6.58 Å². The maximum Gasteiger partial charge on any atom is 0.322 e. The molecule has 3 aliphatic heterocycles. The lowest BCUT2D eigenvalue weighted by atomic mass is 10.0. The molecule has 1 fully saturated rings. The van der Waals surface area contributed by atoms with E-state index in [0.29, 0.717) is 44.1 Å². The number of fused-ring (bicyclic) bond motifs is 2. The number of benzene rings is 1. The molecule has 0 aliphatic carbocycles. The number of aliphatic imine (C=N–C) groups is 1. The van der Waals surface area contributed by atoms with Gasteiger partial charge in [-0.15, -0.1) is 0 Å². The smallest absolute Gasteiger partial charge is 0.322 e. The first-order chi connectivity index (χ1) is 18.5. The Morgan fingerprint density at radius 3 is 2.74 bits per heavy atom. The summed E-state index contributed by atoms with van der Waals surface area (Å²) in [7, 11) is 1.64. The van der Waals surface area contributed by atoms with Crippen molar-refractivity contribution in [3.05, 3.63) is 71.8 Å². The lowest BCUT2D eigenvalue weighted by Gasteiger charge is -2.38. The molecule has 3 aliphatic rings. The molecule has 0 radical (unpaired) electrons. The topological polar surface area (TPSA) is 108 Å². The number of carbonyl (C=O) groups is 2. The van der Waals surface area contributed by atoms with Crippen LogP contribution in [0.5, 0.6) is 5.75 Å². The van der Waals surface area contributed by atoms with Crippen LogP contribution in [0, 0.1) is 0 Å². The van der Waals surface area contributed by atoms with Crippen molar-refractivity contribution in [2.24, 2.45) is 10.7 Å². The van der Waals surface area contributed by atoms with E-state index in [4.69, 9.17) is 10.5 Å². The van der Waals surface area contributed by atoms with Gasteiger partial charge in [0.05, 0.1) is 20.0 Å². The van der Waals surface area contributed by atoms with Crippen LogP contribution in [-0.4, -0.2) is 76.9 Å². The van der Waals surface area contributed by atoms with Crippen molar-refractivity contribution in [3.63, 3.8) is 0 Å². The van der Waals surface area contributed by atoms with Gasteiger partial charge in [-0.3, -0.25) is 4.79 Å². The molecular formula is C28H35N7O3. The molecule has 2 aromatic rings. The number of urea groups is 1. The van der Waals surface area contributed by atoms with E-state index < -0.39 is 0 Å². The zero-order chi connectivity index (χ0) is 26.6. The first kappa shape index (κ1) is 25.4. The van der Waals surface area contributed by atoms with Crippen LogP contribution >= 0.6 is 0 Å². The first-order valence-electron chi connectivity index (χ1n) is 13.0. The van der Waals surface area contributed by atoms with Crippen molar-refractivity contribution in [1.82, 2.24) is 19.3 Å². The zero-order valence-corrected chi connectivity index (χ0v) is 21.8. The van der Waals surface area contributed by atoms with Crippen LogP contribution in [0.1, 0.15) is 24.1 Å². The molecule has 1 saturated heterocycles. The fourth-order valence-electron chi connectivity index (χ4n) is 5.51. The van der Waals surface area contributed by atoms with E-state index in [1.54, 1.807) is 13.2 Å². The number of hydrogen-bond acceptors (Lipinski definition) is 5. The van der Waals surface area contributed by atoms with E-state index in [9.17, 15) is 9.59 Å². The number of nitrogens with zero attached hydrogens (tertiary/aromatic N) is 5. The molecule has 0 bridgehead atoms. The number of anilines is 1. The van der Waals surface area contributed by atoms with Crippen molar-refractivity contribution >= 4 is 24.0 Å². The predicted octanol–water partition coefficient (Wildman–Crippen LogP) is 2.78. The number of nitrogens with one attached hydrogen (secondary N) is 1. The molecule has 10 heteroatoms. The summed E-state index contributed by atoms with van der Waals surface area (Å²) in [4.78, 5) is 36.4. The number of likely N-dealkylation sites (tertiary alicyclic amines) is 1. The van der Waals surface area contributed by atoms with Crippen molar-refractivity contribution in [3.8, 4) is 5.75 Å². The van der Waals surface area contributed by atoms with Crippen LogP contribution in [0.4, 0.5) is 10.5 Å². The van der Waals surface area contributed by atoms with Crippen LogP contribution in [-0.2, 0) is 24.3 Å². The first-order valence-corrected chi connectivity index (χ1v) is 13.0. The molecule has 38 heavy (non-hydrogen) atoms. The molecule has 200 valence electrons. The number of rotatable bonds is 6. The third-order valence-electron chi connectivity index (χ3n) is 7.63. The summed E-state index contributed by atoms with van der Waals surface area (Å²) in [6.45, 7) is 8.05. The summed E-state index contributed by atoms with van der Waals surface area (Å²) < 4.78 is 7.51. The minimum atomic E-state index is -0.102. The van der Waals surface area contributed by atoms with Gasteiger partial charge in [-0.25, -0.2) is 9.79 Å². The van der Waals surface area contributed by atoms with Gasteiger partial charge in [0.2, 0.25) is 0 Å². The second-order valence-electron chi connectivity index (χ2n) is 9.84. The summed E-state index contributed by atoms with van der Waals surface area (Å²) >= 11 is 0. The fourth-order valence-corrected chi connectivity index (χ4v) is 5.51. The van der Waals surface area contributed by atoms with Crippen molar-refractivity contribution in [2.45, 2.75) is 38.4 Å². The molecule has 4 heterocycles. The second kappa shape index (κ2) is 11.0. The summed E-state index contributed by atoms with van der Waals surface area (Å²) in [5.41, 5.74) is 9.06. The van der Waals surface area contributed by atoms with E-state index in [2.05, 4.69) is 26.4 Å². The van der Waals surface area contributed by atoms with Crippen molar-refractivity contribution in [2.75, 3.05) is 38.6 Å². The number of nitrogens with two attached hydrogens (primary N) is 1. The highest BCUT2D eigenvalue weighted by molar-refractivity contribution is 5.95. The highest BCUT2D eigenvalue weighted by Gasteiger charge is 2.31. The lowest BCUT2D eigenvalue weighted by molar-refractivity contribution is -0.128. The van der Waals surface area contributed by atoms with Gasteiger partial charge < -0.3 is 35.1 Å². The van der Waals surface area contributed by atoms with E-state index in [-0.39, 0.29) is 18.0 Å². The third kappa shape index (κ3) is 5.25. The fraction of sp³-hybridized carbons (Fsp3) is 0.393. The van der Waals surface area contributed by atoms with Crippen LogP contribution in [0.15, 0.2) is 65.6 Å². The lowest BCUT2D eigenvalue weighted by Crippen LogP contribution is -2.48. The molecule has 1 aromatic heterocycles. The number of ether oxygens (including phenoxy) is 1. The molecule has 3 N–H and O–H groups in total. The number of methoxy groups -OCH3 is 1. The number of hydrogen-bond donors (Lipinski definition) is 2. The van der Waals surface area contributed by atoms with E-state index in [1.165, 1.54) is 6.34 Å². The highest BCUT2D eigenvalue weighted by atomic mass is 16.5. The van der Waals surface area contributed by atoms with Gasteiger partial charge in [-0.05, 0) is 61.2 Å². The maximum absolute atomic E-state index is 13.1. The Balaban J connectivity index is 1.21. The van der Waals surface area contributed by atoms with E-state index >= 15 is 0 Å². The van der Waals surface area contributed by atoms with Crippen LogP contribution in [0.2, 0.25) is 0 Å². The summed E-state index contributed by atoms with van der Waals surface area (Å²) in [6, 6.07) is 9.82. The maximum atomic E-state index is 13.1.